The van der Waals surface area contributed by atoms with E-state index < -0.39 is 0 Å². The lowest BCUT2D eigenvalue weighted by Gasteiger charge is -1.89. The van der Waals surface area contributed by atoms with Gasteiger partial charge in [-0.15, -0.1) is 0 Å². The molecule has 0 aliphatic heterocycles. The average molecular weight is 125 g/mol. The van der Waals surface area contributed by atoms with Gasteiger partial charge in [0, 0.05) is 13.0 Å². The van der Waals surface area contributed by atoms with Crippen LogP contribution < -0.4 is 5.32 Å². The van der Waals surface area contributed by atoms with E-state index in [1.807, 2.05) is 13.8 Å². The van der Waals surface area contributed by atoms with Gasteiger partial charge in [0.25, 0.3) is 5.91 Å². The second-order valence-corrected chi connectivity index (χ2v) is 1.51. The summed E-state index contributed by atoms with van der Waals surface area (Å²) in [6.07, 6.45) is 0.733. The van der Waals surface area contributed by atoms with E-state index in [2.05, 4.69) is 17.2 Å². The summed E-state index contributed by atoms with van der Waals surface area (Å²) in [5, 5.41) is 2.57. The second-order valence-electron chi connectivity index (χ2n) is 1.51. The summed E-state index contributed by atoms with van der Waals surface area (Å²) in [4.78, 5) is 10.5. The Hall–Kier alpha value is -0.970. The quantitative estimate of drug-likeness (QED) is 0.509. The molecule has 0 aromatic carbocycles. The Bertz CT molecular complexity index is 141. The van der Waals surface area contributed by atoms with E-state index in [4.69, 9.17) is 0 Å². The SMILES string of the molecule is CCC#CC(=O)NCC. The predicted molar refractivity (Wildman–Crippen MR) is 36.8 cm³/mol. The van der Waals surface area contributed by atoms with Gasteiger partial charge >= 0.3 is 0 Å². The number of nitrogens with one attached hydrogen (secondary N) is 1. The van der Waals surface area contributed by atoms with Gasteiger partial charge < -0.3 is 5.32 Å². The van der Waals surface area contributed by atoms with Crippen molar-refractivity contribution >= 4 is 5.91 Å². The van der Waals surface area contributed by atoms with Crippen molar-refractivity contribution in [3.8, 4) is 11.8 Å². The van der Waals surface area contributed by atoms with Crippen molar-refractivity contribution in [2.45, 2.75) is 20.3 Å². The second kappa shape index (κ2) is 5.17. The smallest absolute Gasteiger partial charge is 0.295 e. The lowest BCUT2D eigenvalue weighted by atomic mass is 10.4. The molecule has 0 unspecified atom stereocenters. The maximum absolute atomic E-state index is 10.5. The fourth-order valence-corrected chi connectivity index (χ4v) is 0.373. The number of rotatable bonds is 1. The van der Waals surface area contributed by atoms with Crippen molar-refractivity contribution in [2.75, 3.05) is 6.54 Å². The Morgan fingerprint density at radius 3 is 2.67 bits per heavy atom. The molecule has 1 amide bonds. The van der Waals surface area contributed by atoms with Crippen molar-refractivity contribution in [3.63, 3.8) is 0 Å². The van der Waals surface area contributed by atoms with Gasteiger partial charge in [0.05, 0.1) is 0 Å². The Morgan fingerprint density at radius 1 is 1.56 bits per heavy atom. The highest BCUT2D eigenvalue weighted by Gasteiger charge is 1.86. The highest BCUT2D eigenvalue weighted by molar-refractivity contribution is 5.93. The van der Waals surface area contributed by atoms with E-state index in [0.717, 1.165) is 6.42 Å². The Morgan fingerprint density at radius 2 is 2.22 bits per heavy atom. The highest BCUT2D eigenvalue weighted by Crippen LogP contribution is 1.67. The lowest BCUT2D eigenvalue weighted by Crippen LogP contribution is -2.20. The minimum Gasteiger partial charge on any atom is -0.346 e. The molecule has 0 fully saturated rings. The molecule has 0 aromatic rings. The summed E-state index contributed by atoms with van der Waals surface area (Å²) in [5.41, 5.74) is 0. The molecule has 0 rings (SSSR count). The molecule has 9 heavy (non-hydrogen) atoms. The van der Waals surface area contributed by atoms with E-state index in [9.17, 15) is 4.79 Å². The Labute approximate surface area is 55.6 Å². The van der Waals surface area contributed by atoms with E-state index >= 15 is 0 Å². The number of hydrogen-bond acceptors (Lipinski definition) is 1. The van der Waals surface area contributed by atoms with Gasteiger partial charge in [-0.25, -0.2) is 0 Å². The van der Waals surface area contributed by atoms with E-state index in [0.29, 0.717) is 6.54 Å². The van der Waals surface area contributed by atoms with Crippen molar-refractivity contribution in [1.29, 1.82) is 0 Å². The lowest BCUT2D eigenvalue weighted by molar-refractivity contribution is -0.115. The molecule has 50 valence electrons. The number of amides is 1. The molecule has 0 radical (unpaired) electrons. The first kappa shape index (κ1) is 8.03. The predicted octanol–water partition coefficient (Wildman–Crippen LogP) is 0.536. The molecule has 0 saturated heterocycles. The first-order chi connectivity index (χ1) is 4.31. The summed E-state index contributed by atoms with van der Waals surface area (Å²) in [5.74, 6) is 4.92. The fraction of sp³-hybridized carbons (Fsp3) is 0.571. The maximum Gasteiger partial charge on any atom is 0.295 e. The van der Waals surface area contributed by atoms with Crippen LogP contribution in [0.4, 0.5) is 0 Å². The summed E-state index contributed by atoms with van der Waals surface area (Å²) >= 11 is 0. The first-order valence-electron chi connectivity index (χ1n) is 3.08. The zero-order valence-corrected chi connectivity index (χ0v) is 5.82. The van der Waals surface area contributed by atoms with Crippen LogP contribution in [0, 0.1) is 11.8 Å². The minimum absolute atomic E-state index is 0.181. The van der Waals surface area contributed by atoms with E-state index in [1.54, 1.807) is 0 Å². The third kappa shape index (κ3) is 4.89. The molecule has 1 N–H and O–H groups in total. The number of hydrogen-bond donors (Lipinski definition) is 1. The molecule has 0 bridgehead atoms. The third-order valence-electron chi connectivity index (χ3n) is 0.716. The molecular weight excluding hydrogens is 114 g/mol. The van der Waals surface area contributed by atoms with Crippen LogP contribution in [-0.2, 0) is 4.79 Å². The highest BCUT2D eigenvalue weighted by atomic mass is 16.1. The summed E-state index contributed by atoms with van der Waals surface area (Å²) in [6, 6.07) is 0. The zero-order chi connectivity index (χ0) is 7.11. The first-order valence-corrected chi connectivity index (χ1v) is 3.08. The molecule has 0 spiro atoms. The zero-order valence-electron chi connectivity index (χ0n) is 5.82. The average Bonchev–Trinajstić information content (AvgIpc) is 1.85. The normalized spacial score (nSPS) is 7.33. The van der Waals surface area contributed by atoms with Crippen LogP contribution in [0.2, 0.25) is 0 Å². The Kier molecular flexibility index (Phi) is 4.61. The molecule has 0 heterocycles. The van der Waals surface area contributed by atoms with E-state index in [1.165, 1.54) is 0 Å². The fourth-order valence-electron chi connectivity index (χ4n) is 0.373. The number of carbonyl (C=O) groups is 1. The Balaban J connectivity index is 3.49. The molecule has 0 saturated carbocycles. The van der Waals surface area contributed by atoms with Crippen molar-refractivity contribution in [1.82, 2.24) is 5.32 Å². The van der Waals surface area contributed by atoms with Crippen LogP contribution in [0.25, 0.3) is 0 Å². The van der Waals surface area contributed by atoms with Gasteiger partial charge in [-0.05, 0) is 12.8 Å². The molecule has 0 atom stereocenters. The largest absolute Gasteiger partial charge is 0.346 e. The van der Waals surface area contributed by atoms with Crippen LogP contribution in [0.5, 0.6) is 0 Å². The van der Waals surface area contributed by atoms with Gasteiger partial charge in [-0.3, -0.25) is 4.79 Å². The van der Waals surface area contributed by atoms with Gasteiger partial charge in [-0.2, -0.15) is 0 Å². The minimum atomic E-state index is -0.181. The molecule has 0 aromatic heterocycles. The van der Waals surface area contributed by atoms with Crippen molar-refractivity contribution in [2.24, 2.45) is 0 Å². The van der Waals surface area contributed by atoms with Gasteiger partial charge in [0.1, 0.15) is 0 Å². The van der Waals surface area contributed by atoms with Crippen LogP contribution in [0.3, 0.4) is 0 Å². The monoisotopic (exact) mass is 125 g/mol. The van der Waals surface area contributed by atoms with Crippen LogP contribution >= 0.6 is 0 Å². The topological polar surface area (TPSA) is 29.1 Å². The van der Waals surface area contributed by atoms with Gasteiger partial charge in [0.2, 0.25) is 0 Å². The molecule has 2 nitrogen and oxygen atoms in total. The van der Waals surface area contributed by atoms with Crippen molar-refractivity contribution < 1.29 is 4.79 Å². The van der Waals surface area contributed by atoms with Gasteiger partial charge in [-0.1, -0.05) is 12.8 Å². The van der Waals surface area contributed by atoms with E-state index in [-0.39, 0.29) is 5.91 Å². The van der Waals surface area contributed by atoms with Crippen LogP contribution in [-0.4, -0.2) is 12.5 Å². The maximum atomic E-state index is 10.5. The third-order valence-corrected chi connectivity index (χ3v) is 0.716. The summed E-state index contributed by atoms with van der Waals surface area (Å²) < 4.78 is 0. The number of carbonyl (C=O) groups excluding carboxylic acids is 1. The van der Waals surface area contributed by atoms with Gasteiger partial charge in [0.15, 0.2) is 0 Å². The van der Waals surface area contributed by atoms with Crippen LogP contribution in [0.15, 0.2) is 0 Å². The van der Waals surface area contributed by atoms with Crippen molar-refractivity contribution in [3.05, 3.63) is 0 Å². The summed E-state index contributed by atoms with van der Waals surface area (Å²) in [7, 11) is 0. The molecule has 2 heteroatoms. The standard InChI is InChI=1S/C7H11NO/c1-3-5-6-7(9)8-4-2/h3-4H2,1-2H3,(H,8,9). The molecular formula is C7H11NO. The molecule has 0 aliphatic rings. The molecule has 0 aliphatic carbocycles. The van der Waals surface area contributed by atoms with Crippen LogP contribution in [0.1, 0.15) is 20.3 Å². The summed E-state index contributed by atoms with van der Waals surface area (Å²) in [6.45, 7) is 4.43.